The number of carbonyl (C=O) groups excluding carboxylic acids is 3. The van der Waals surface area contributed by atoms with Crippen LogP contribution in [0.3, 0.4) is 0 Å². The summed E-state index contributed by atoms with van der Waals surface area (Å²) in [6.45, 7) is 0.171. The van der Waals surface area contributed by atoms with Crippen LogP contribution in [0, 0.1) is 11.2 Å². The van der Waals surface area contributed by atoms with Gasteiger partial charge in [0.15, 0.2) is 5.69 Å². The molecule has 0 saturated heterocycles. The molecule has 1 fully saturated rings. The second-order valence-corrected chi connectivity index (χ2v) is 9.06. The van der Waals surface area contributed by atoms with Gasteiger partial charge in [0.1, 0.15) is 18.1 Å². The number of benzene rings is 1. The molecule has 14 heteroatoms. The standard InChI is InChI=1S/C22H21ClF4N6O3/c1-11-21(20(36)33(32-11)15-3-2-12(24)8-14(15)23)6-4-13(5-7-21)31-19(35)17-16(29-10-30-17)18(34)28-9-22(25,26)27/h2-3,8,10,13H,4-7,9H2,1H3,(H,28,34)(H,29,30)(H,31,35)/t13-,21-. The molecular formula is C22H21ClF4N6O3. The average molecular weight is 529 g/mol. The fourth-order valence-electron chi connectivity index (χ4n) is 4.46. The summed E-state index contributed by atoms with van der Waals surface area (Å²) in [5.74, 6) is -2.67. The van der Waals surface area contributed by atoms with Crippen LogP contribution in [0.25, 0.3) is 0 Å². The van der Waals surface area contributed by atoms with E-state index in [4.69, 9.17) is 11.6 Å². The fraction of sp³-hybridized carbons (Fsp3) is 0.409. The summed E-state index contributed by atoms with van der Waals surface area (Å²) in [6, 6.07) is 3.30. The third kappa shape index (κ3) is 4.92. The number of nitrogens with one attached hydrogen (secondary N) is 3. The Morgan fingerprint density at radius 3 is 2.58 bits per heavy atom. The number of halogens is 5. The van der Waals surface area contributed by atoms with E-state index in [1.807, 2.05) is 0 Å². The quantitative estimate of drug-likeness (QED) is 0.514. The van der Waals surface area contributed by atoms with E-state index in [-0.39, 0.29) is 28.4 Å². The molecule has 1 aromatic carbocycles. The first kappa shape index (κ1) is 25.6. The second kappa shape index (κ2) is 9.52. The topological polar surface area (TPSA) is 120 Å². The van der Waals surface area contributed by atoms with Crippen molar-refractivity contribution in [2.24, 2.45) is 10.5 Å². The highest BCUT2D eigenvalue weighted by atomic mass is 35.5. The van der Waals surface area contributed by atoms with Gasteiger partial charge in [-0.15, -0.1) is 0 Å². The summed E-state index contributed by atoms with van der Waals surface area (Å²) in [5.41, 5.74) is -0.762. The van der Waals surface area contributed by atoms with Gasteiger partial charge in [0.2, 0.25) is 0 Å². The maximum absolute atomic E-state index is 13.4. The Hall–Kier alpha value is -3.48. The number of amides is 3. The lowest BCUT2D eigenvalue weighted by Crippen LogP contribution is -2.47. The molecule has 0 atom stereocenters. The summed E-state index contributed by atoms with van der Waals surface area (Å²) < 4.78 is 50.6. The number of carbonyl (C=O) groups is 3. The van der Waals surface area contributed by atoms with Crippen molar-refractivity contribution < 1.29 is 31.9 Å². The van der Waals surface area contributed by atoms with Gasteiger partial charge in [-0.05, 0) is 50.8 Å². The van der Waals surface area contributed by atoms with Crippen molar-refractivity contribution in [3.63, 3.8) is 0 Å². The lowest BCUT2D eigenvalue weighted by Gasteiger charge is -2.36. The minimum atomic E-state index is -4.61. The Kier molecular flexibility index (Phi) is 6.78. The normalized spacial score (nSPS) is 22.1. The molecule has 9 nitrogen and oxygen atoms in total. The summed E-state index contributed by atoms with van der Waals surface area (Å²) in [6.07, 6.45) is -2.03. The number of rotatable bonds is 5. The highest BCUT2D eigenvalue weighted by Gasteiger charge is 2.51. The number of hydrogen-bond acceptors (Lipinski definition) is 5. The monoisotopic (exact) mass is 528 g/mol. The molecule has 1 saturated carbocycles. The van der Waals surface area contributed by atoms with Crippen LogP contribution in [-0.2, 0) is 4.79 Å². The van der Waals surface area contributed by atoms with E-state index in [9.17, 15) is 31.9 Å². The Morgan fingerprint density at radius 2 is 1.94 bits per heavy atom. The molecule has 2 aromatic rings. The number of alkyl halides is 3. The minimum Gasteiger partial charge on any atom is -0.348 e. The molecule has 1 aromatic heterocycles. The fourth-order valence-corrected chi connectivity index (χ4v) is 4.70. The van der Waals surface area contributed by atoms with Crippen LogP contribution in [0.5, 0.6) is 0 Å². The molecular weight excluding hydrogens is 508 g/mol. The highest BCUT2D eigenvalue weighted by Crippen LogP contribution is 2.45. The van der Waals surface area contributed by atoms with Gasteiger partial charge in [0.25, 0.3) is 17.7 Å². The van der Waals surface area contributed by atoms with Gasteiger partial charge < -0.3 is 15.6 Å². The number of hydrogen-bond donors (Lipinski definition) is 3. The van der Waals surface area contributed by atoms with Gasteiger partial charge in [0, 0.05) is 6.04 Å². The maximum Gasteiger partial charge on any atom is 0.405 e. The number of imidazole rings is 1. The first-order valence-corrected chi connectivity index (χ1v) is 11.3. The molecule has 2 aliphatic rings. The SMILES string of the molecule is CC1=NN(c2ccc(F)cc2Cl)C(=O)[C@]12CC[C@H](NC(=O)c1[nH]cnc1C(=O)NCC(F)(F)F)CC2. The molecule has 0 unspecified atom stereocenters. The van der Waals surface area contributed by atoms with Crippen molar-refractivity contribution in [3.05, 3.63) is 46.8 Å². The van der Waals surface area contributed by atoms with Gasteiger partial charge >= 0.3 is 6.18 Å². The van der Waals surface area contributed by atoms with E-state index in [2.05, 4.69) is 20.4 Å². The Labute approximate surface area is 207 Å². The van der Waals surface area contributed by atoms with Gasteiger partial charge in [-0.2, -0.15) is 23.3 Å². The van der Waals surface area contributed by atoms with Crippen molar-refractivity contribution in [1.29, 1.82) is 0 Å². The van der Waals surface area contributed by atoms with Crippen molar-refractivity contribution >= 4 is 40.7 Å². The van der Waals surface area contributed by atoms with Crippen LogP contribution < -0.4 is 15.6 Å². The number of aromatic amines is 1. The second-order valence-electron chi connectivity index (χ2n) is 8.65. The van der Waals surface area contributed by atoms with Crippen LogP contribution in [0.1, 0.15) is 53.6 Å². The zero-order valence-electron chi connectivity index (χ0n) is 18.9. The number of H-pyrrole nitrogens is 1. The largest absolute Gasteiger partial charge is 0.405 e. The Morgan fingerprint density at radius 1 is 1.25 bits per heavy atom. The van der Waals surface area contributed by atoms with Gasteiger partial charge in [0.05, 0.1) is 28.2 Å². The summed E-state index contributed by atoms with van der Waals surface area (Å²) >= 11 is 6.11. The van der Waals surface area contributed by atoms with E-state index in [0.29, 0.717) is 31.4 Å². The molecule has 2 heterocycles. The molecule has 0 radical (unpaired) electrons. The van der Waals surface area contributed by atoms with Crippen LogP contribution in [0.15, 0.2) is 29.6 Å². The maximum atomic E-state index is 13.4. The van der Waals surface area contributed by atoms with Gasteiger partial charge in [-0.3, -0.25) is 14.4 Å². The van der Waals surface area contributed by atoms with Crippen LogP contribution in [0.4, 0.5) is 23.2 Å². The Balaban J connectivity index is 1.40. The summed E-state index contributed by atoms with van der Waals surface area (Å²) in [4.78, 5) is 44.2. The van der Waals surface area contributed by atoms with E-state index in [0.717, 1.165) is 12.4 Å². The van der Waals surface area contributed by atoms with Crippen molar-refractivity contribution in [1.82, 2.24) is 20.6 Å². The van der Waals surface area contributed by atoms with E-state index in [1.165, 1.54) is 17.1 Å². The molecule has 1 spiro atoms. The van der Waals surface area contributed by atoms with Crippen LogP contribution in [0.2, 0.25) is 5.02 Å². The highest BCUT2D eigenvalue weighted by molar-refractivity contribution is 6.34. The van der Waals surface area contributed by atoms with Crippen LogP contribution in [-0.4, -0.2) is 52.2 Å². The predicted molar refractivity (Wildman–Crippen MR) is 121 cm³/mol. The van der Waals surface area contributed by atoms with Gasteiger partial charge in [-0.25, -0.2) is 9.37 Å². The van der Waals surface area contributed by atoms with Crippen LogP contribution >= 0.6 is 11.6 Å². The van der Waals surface area contributed by atoms with E-state index >= 15 is 0 Å². The minimum absolute atomic E-state index is 0.0486. The molecule has 36 heavy (non-hydrogen) atoms. The number of nitrogens with zero attached hydrogens (tertiary/aromatic N) is 3. The lowest BCUT2D eigenvalue weighted by molar-refractivity contribution is -0.125. The first-order chi connectivity index (χ1) is 16.9. The first-order valence-electron chi connectivity index (χ1n) is 11.0. The smallest absolute Gasteiger partial charge is 0.348 e. The third-order valence-corrected chi connectivity index (χ3v) is 6.69. The molecule has 3 amide bonds. The van der Waals surface area contributed by atoms with Crippen molar-refractivity contribution in [3.8, 4) is 0 Å². The Bertz CT molecular complexity index is 1240. The summed E-state index contributed by atoms with van der Waals surface area (Å²) in [7, 11) is 0. The molecule has 0 bridgehead atoms. The number of hydrazone groups is 1. The zero-order chi connectivity index (χ0) is 26.3. The van der Waals surface area contributed by atoms with Crippen molar-refractivity contribution in [2.75, 3.05) is 11.6 Å². The molecule has 1 aliphatic heterocycles. The number of aromatic nitrogens is 2. The zero-order valence-corrected chi connectivity index (χ0v) is 19.6. The third-order valence-electron chi connectivity index (χ3n) is 6.39. The number of anilines is 1. The average Bonchev–Trinajstić information content (AvgIpc) is 3.39. The predicted octanol–water partition coefficient (Wildman–Crippen LogP) is 3.58. The molecule has 1 aliphatic carbocycles. The molecule has 3 N–H and O–H groups in total. The lowest BCUT2D eigenvalue weighted by atomic mass is 9.69. The van der Waals surface area contributed by atoms with Gasteiger partial charge in [-0.1, -0.05) is 11.6 Å². The summed E-state index contributed by atoms with van der Waals surface area (Å²) in [5, 5.41) is 10.0. The van der Waals surface area contributed by atoms with E-state index in [1.54, 1.807) is 12.2 Å². The van der Waals surface area contributed by atoms with Crippen molar-refractivity contribution in [2.45, 2.75) is 44.8 Å². The molecule has 4 rings (SSSR count). The van der Waals surface area contributed by atoms with E-state index < -0.39 is 41.5 Å². The molecule has 192 valence electrons.